The summed E-state index contributed by atoms with van der Waals surface area (Å²) in [5.74, 6) is 0.897. The maximum atomic E-state index is 6.33. The second-order valence-corrected chi connectivity index (χ2v) is 5.87. The summed E-state index contributed by atoms with van der Waals surface area (Å²) in [6.45, 7) is 6.19. The lowest BCUT2D eigenvalue weighted by Crippen LogP contribution is -2.12. The summed E-state index contributed by atoms with van der Waals surface area (Å²) >= 11 is 0. The zero-order valence-corrected chi connectivity index (χ0v) is 13.2. The molecule has 0 radical (unpaired) electrons. The van der Waals surface area contributed by atoms with Gasteiger partial charge < -0.3 is 10.5 Å². The molecule has 0 aliphatic rings. The van der Waals surface area contributed by atoms with E-state index < -0.39 is 0 Å². The number of hydrogen-bond donors (Lipinski definition) is 1. The van der Waals surface area contributed by atoms with Gasteiger partial charge >= 0.3 is 0 Å². The van der Waals surface area contributed by atoms with Crippen LogP contribution >= 0.6 is 0 Å². The van der Waals surface area contributed by atoms with Gasteiger partial charge in [-0.1, -0.05) is 42.0 Å². The molecule has 0 aliphatic carbocycles. The van der Waals surface area contributed by atoms with Crippen LogP contribution in [-0.4, -0.2) is 6.10 Å². The molecule has 0 fully saturated rings. The second-order valence-electron chi connectivity index (χ2n) is 5.87. The minimum atomic E-state index is 0.0428. The number of benzene rings is 2. The Morgan fingerprint density at radius 2 is 1.81 bits per heavy atom. The molecule has 0 amide bonds. The van der Waals surface area contributed by atoms with Gasteiger partial charge in [0.15, 0.2) is 0 Å². The zero-order valence-electron chi connectivity index (χ0n) is 13.2. The normalized spacial score (nSPS) is 12.4. The first-order valence-electron chi connectivity index (χ1n) is 7.62. The fourth-order valence-corrected chi connectivity index (χ4v) is 2.45. The molecule has 21 heavy (non-hydrogen) atoms. The lowest BCUT2D eigenvalue weighted by atomic mass is 9.99. The Morgan fingerprint density at radius 3 is 2.52 bits per heavy atom. The van der Waals surface area contributed by atoms with Gasteiger partial charge in [-0.05, 0) is 56.9 Å². The SMILES string of the molecule is Cc1cccc(CCC(N)c2cccc(OC(C)C)c2)c1. The van der Waals surface area contributed by atoms with Crippen molar-refractivity contribution >= 4 is 0 Å². The van der Waals surface area contributed by atoms with E-state index in [2.05, 4.69) is 43.3 Å². The maximum Gasteiger partial charge on any atom is 0.120 e. The smallest absolute Gasteiger partial charge is 0.120 e. The molecule has 0 aromatic heterocycles. The molecule has 2 aromatic carbocycles. The van der Waals surface area contributed by atoms with Crippen LogP contribution in [-0.2, 0) is 6.42 Å². The molecule has 0 aliphatic heterocycles. The van der Waals surface area contributed by atoms with E-state index in [1.54, 1.807) is 0 Å². The molecule has 2 heteroatoms. The monoisotopic (exact) mass is 283 g/mol. The fourth-order valence-electron chi connectivity index (χ4n) is 2.45. The third-order valence-electron chi connectivity index (χ3n) is 3.48. The van der Waals surface area contributed by atoms with E-state index in [0.29, 0.717) is 0 Å². The van der Waals surface area contributed by atoms with Crippen molar-refractivity contribution in [2.45, 2.75) is 45.8 Å². The highest BCUT2D eigenvalue weighted by Gasteiger charge is 2.08. The molecule has 0 heterocycles. The zero-order chi connectivity index (χ0) is 15.2. The van der Waals surface area contributed by atoms with Gasteiger partial charge in [-0.25, -0.2) is 0 Å². The van der Waals surface area contributed by atoms with Crippen molar-refractivity contribution in [2.24, 2.45) is 5.73 Å². The van der Waals surface area contributed by atoms with Gasteiger partial charge in [0.2, 0.25) is 0 Å². The Balaban J connectivity index is 1.98. The van der Waals surface area contributed by atoms with Gasteiger partial charge in [-0.2, -0.15) is 0 Å². The summed E-state index contributed by atoms with van der Waals surface area (Å²) in [7, 11) is 0. The fraction of sp³-hybridized carbons (Fsp3) is 0.368. The summed E-state index contributed by atoms with van der Waals surface area (Å²) < 4.78 is 5.73. The van der Waals surface area contributed by atoms with E-state index in [-0.39, 0.29) is 12.1 Å². The van der Waals surface area contributed by atoms with Crippen LogP contribution in [0.25, 0.3) is 0 Å². The first-order valence-corrected chi connectivity index (χ1v) is 7.62. The molecular formula is C19H25NO. The van der Waals surface area contributed by atoms with Crippen LogP contribution in [0, 0.1) is 6.92 Å². The van der Waals surface area contributed by atoms with Crippen LogP contribution in [0.3, 0.4) is 0 Å². The van der Waals surface area contributed by atoms with E-state index in [9.17, 15) is 0 Å². The summed E-state index contributed by atoms with van der Waals surface area (Å²) in [6, 6.07) is 16.8. The van der Waals surface area contributed by atoms with Crippen LogP contribution in [0.2, 0.25) is 0 Å². The summed E-state index contributed by atoms with van der Waals surface area (Å²) in [5.41, 5.74) is 10.1. The van der Waals surface area contributed by atoms with Gasteiger partial charge in [0.1, 0.15) is 5.75 Å². The maximum absolute atomic E-state index is 6.33. The number of nitrogens with two attached hydrogens (primary N) is 1. The molecule has 2 N–H and O–H groups in total. The topological polar surface area (TPSA) is 35.2 Å². The summed E-state index contributed by atoms with van der Waals surface area (Å²) in [5, 5.41) is 0. The van der Waals surface area contributed by atoms with Crippen LogP contribution in [0.4, 0.5) is 0 Å². The number of aryl methyl sites for hydroxylation is 2. The highest BCUT2D eigenvalue weighted by Crippen LogP contribution is 2.22. The van der Waals surface area contributed by atoms with Gasteiger partial charge in [-0.3, -0.25) is 0 Å². The van der Waals surface area contributed by atoms with Crippen molar-refractivity contribution in [2.75, 3.05) is 0 Å². The Hall–Kier alpha value is -1.80. The quantitative estimate of drug-likeness (QED) is 0.852. The molecule has 1 unspecified atom stereocenters. The van der Waals surface area contributed by atoms with Crippen molar-refractivity contribution in [3.8, 4) is 5.75 Å². The van der Waals surface area contributed by atoms with Gasteiger partial charge in [0.25, 0.3) is 0 Å². The highest BCUT2D eigenvalue weighted by molar-refractivity contribution is 5.31. The van der Waals surface area contributed by atoms with Gasteiger partial charge in [0, 0.05) is 6.04 Å². The lowest BCUT2D eigenvalue weighted by molar-refractivity contribution is 0.242. The van der Waals surface area contributed by atoms with E-state index in [4.69, 9.17) is 10.5 Å². The van der Waals surface area contributed by atoms with Gasteiger partial charge in [-0.15, -0.1) is 0 Å². The molecule has 112 valence electrons. The molecule has 0 saturated heterocycles. The Labute approximate surface area is 127 Å². The van der Waals surface area contributed by atoms with Crippen LogP contribution in [0.1, 0.15) is 43.0 Å². The van der Waals surface area contributed by atoms with E-state index in [0.717, 1.165) is 24.2 Å². The minimum absolute atomic E-state index is 0.0428. The van der Waals surface area contributed by atoms with Crippen LogP contribution in [0.15, 0.2) is 48.5 Å². The summed E-state index contributed by atoms with van der Waals surface area (Å²) in [6.07, 6.45) is 2.12. The lowest BCUT2D eigenvalue weighted by Gasteiger charge is -2.15. The van der Waals surface area contributed by atoms with E-state index in [1.165, 1.54) is 11.1 Å². The van der Waals surface area contributed by atoms with Crippen molar-refractivity contribution in [1.29, 1.82) is 0 Å². The van der Waals surface area contributed by atoms with E-state index >= 15 is 0 Å². The second kappa shape index (κ2) is 7.28. The van der Waals surface area contributed by atoms with Gasteiger partial charge in [0.05, 0.1) is 6.10 Å². The average Bonchev–Trinajstić information content (AvgIpc) is 2.44. The number of hydrogen-bond acceptors (Lipinski definition) is 2. The average molecular weight is 283 g/mol. The molecule has 2 aromatic rings. The van der Waals surface area contributed by atoms with Crippen LogP contribution < -0.4 is 10.5 Å². The number of ether oxygens (including phenoxy) is 1. The molecule has 2 rings (SSSR count). The molecule has 0 bridgehead atoms. The molecule has 0 saturated carbocycles. The molecule has 2 nitrogen and oxygen atoms in total. The molecule has 0 spiro atoms. The third-order valence-corrected chi connectivity index (χ3v) is 3.48. The Bertz CT molecular complexity index is 577. The predicted octanol–water partition coefficient (Wildman–Crippen LogP) is 4.41. The van der Waals surface area contributed by atoms with Crippen molar-refractivity contribution < 1.29 is 4.74 Å². The molecular weight excluding hydrogens is 258 g/mol. The van der Waals surface area contributed by atoms with E-state index in [1.807, 2.05) is 26.0 Å². The first-order chi connectivity index (χ1) is 10.0. The Morgan fingerprint density at radius 1 is 1.05 bits per heavy atom. The minimum Gasteiger partial charge on any atom is -0.491 e. The molecule has 1 atom stereocenters. The summed E-state index contributed by atoms with van der Waals surface area (Å²) in [4.78, 5) is 0. The first kappa shape index (κ1) is 15.6. The predicted molar refractivity (Wildman–Crippen MR) is 88.6 cm³/mol. The van der Waals surface area contributed by atoms with Crippen molar-refractivity contribution in [1.82, 2.24) is 0 Å². The van der Waals surface area contributed by atoms with Crippen molar-refractivity contribution in [3.05, 3.63) is 65.2 Å². The van der Waals surface area contributed by atoms with Crippen molar-refractivity contribution in [3.63, 3.8) is 0 Å². The van der Waals surface area contributed by atoms with Crippen LogP contribution in [0.5, 0.6) is 5.75 Å². The number of rotatable bonds is 6. The standard InChI is InChI=1S/C19H25NO/c1-14(2)21-18-9-5-8-17(13-18)19(20)11-10-16-7-4-6-15(3)12-16/h4-9,12-14,19H,10-11,20H2,1-3H3. The highest BCUT2D eigenvalue weighted by atomic mass is 16.5. The largest absolute Gasteiger partial charge is 0.491 e. The third kappa shape index (κ3) is 4.91. The Kier molecular flexibility index (Phi) is 5.40.